The normalized spacial score (nSPS) is 14.0. The second-order valence-corrected chi connectivity index (χ2v) is 7.95. The van der Waals surface area contributed by atoms with E-state index < -0.39 is 0 Å². The second kappa shape index (κ2) is 10.7. The van der Waals surface area contributed by atoms with Crippen molar-refractivity contribution in [1.29, 1.82) is 0 Å². The van der Waals surface area contributed by atoms with Crippen molar-refractivity contribution in [3.05, 3.63) is 59.2 Å². The van der Waals surface area contributed by atoms with Crippen molar-refractivity contribution in [2.24, 2.45) is 0 Å². The van der Waals surface area contributed by atoms with Gasteiger partial charge < -0.3 is 16.0 Å². The van der Waals surface area contributed by atoms with E-state index in [1.54, 1.807) is 18.2 Å². The van der Waals surface area contributed by atoms with E-state index in [4.69, 9.17) is 0 Å². The lowest BCUT2D eigenvalue weighted by Gasteiger charge is -2.27. The van der Waals surface area contributed by atoms with E-state index in [9.17, 15) is 14.4 Å². The highest BCUT2D eigenvalue weighted by Gasteiger charge is 2.14. The third-order valence-corrected chi connectivity index (χ3v) is 5.24. The van der Waals surface area contributed by atoms with Crippen LogP contribution in [0.2, 0.25) is 0 Å². The van der Waals surface area contributed by atoms with Crippen LogP contribution >= 0.6 is 0 Å². The van der Waals surface area contributed by atoms with Crippen molar-refractivity contribution in [3.63, 3.8) is 0 Å². The number of carbonyl (C=O) groups excluding carboxylic acids is 3. The van der Waals surface area contributed by atoms with Crippen LogP contribution in [0.15, 0.2) is 42.5 Å². The van der Waals surface area contributed by atoms with Crippen molar-refractivity contribution in [3.8, 4) is 0 Å². The molecule has 0 atom stereocenters. The van der Waals surface area contributed by atoms with Crippen molar-refractivity contribution < 1.29 is 14.4 Å². The smallest absolute Gasteiger partial charge is 0.251 e. The van der Waals surface area contributed by atoms with Crippen molar-refractivity contribution in [2.75, 3.05) is 23.7 Å². The van der Waals surface area contributed by atoms with Crippen LogP contribution in [0.4, 0.5) is 11.4 Å². The Morgan fingerprint density at radius 1 is 0.839 bits per heavy atom. The summed E-state index contributed by atoms with van der Waals surface area (Å²) in [6, 6.07) is 13.0. The number of piperidine rings is 1. The van der Waals surface area contributed by atoms with Crippen LogP contribution in [0.3, 0.4) is 0 Å². The van der Waals surface area contributed by atoms with E-state index in [-0.39, 0.29) is 17.7 Å². The van der Waals surface area contributed by atoms with Gasteiger partial charge in [0.1, 0.15) is 0 Å². The summed E-state index contributed by atoms with van der Waals surface area (Å²) in [6.45, 7) is 6.30. The molecule has 0 radical (unpaired) electrons. The number of benzene rings is 2. The zero-order valence-corrected chi connectivity index (χ0v) is 18.2. The number of hydrogen-bond acceptors (Lipinski definition) is 4. The fraction of sp³-hybridized carbons (Fsp3) is 0.375. The van der Waals surface area contributed by atoms with Crippen LogP contribution in [0.1, 0.15) is 54.6 Å². The van der Waals surface area contributed by atoms with Gasteiger partial charge in [0.2, 0.25) is 11.8 Å². The van der Waals surface area contributed by atoms with Crippen molar-refractivity contribution >= 4 is 29.1 Å². The van der Waals surface area contributed by atoms with Crippen LogP contribution < -0.4 is 16.0 Å². The molecule has 7 heteroatoms. The van der Waals surface area contributed by atoms with Crippen LogP contribution in [0.5, 0.6) is 0 Å². The molecule has 7 nitrogen and oxygen atoms in total. The van der Waals surface area contributed by atoms with E-state index in [1.807, 2.05) is 18.2 Å². The Bertz CT molecular complexity index is 917. The quantitative estimate of drug-likeness (QED) is 0.637. The largest absolute Gasteiger partial charge is 0.348 e. The third kappa shape index (κ3) is 6.93. The molecule has 1 aliphatic rings. The lowest BCUT2D eigenvalue weighted by atomic mass is 10.0. The summed E-state index contributed by atoms with van der Waals surface area (Å²) in [6.07, 6.45) is 3.77. The average Bonchev–Trinajstić information content (AvgIpc) is 2.72. The number of amides is 3. The summed E-state index contributed by atoms with van der Waals surface area (Å²) in [5.74, 6) is -0.775. The van der Waals surface area contributed by atoms with Gasteiger partial charge in [-0.15, -0.1) is 0 Å². The average molecular weight is 423 g/mol. The van der Waals surface area contributed by atoms with E-state index in [2.05, 4.69) is 26.9 Å². The minimum Gasteiger partial charge on any atom is -0.348 e. The van der Waals surface area contributed by atoms with Gasteiger partial charge in [0.05, 0.1) is 0 Å². The lowest BCUT2D eigenvalue weighted by molar-refractivity contribution is -0.115. The molecule has 1 saturated heterocycles. The molecule has 3 N–H and O–H groups in total. The second-order valence-electron chi connectivity index (χ2n) is 7.95. The predicted molar refractivity (Wildman–Crippen MR) is 122 cm³/mol. The molecule has 3 amide bonds. The molecule has 3 rings (SSSR count). The first-order chi connectivity index (χ1) is 14.9. The Kier molecular flexibility index (Phi) is 7.78. The van der Waals surface area contributed by atoms with E-state index >= 15 is 0 Å². The summed E-state index contributed by atoms with van der Waals surface area (Å²) in [5.41, 5.74) is 3.57. The molecule has 1 aliphatic heterocycles. The molecule has 2 aromatic rings. The molecule has 0 spiro atoms. The lowest BCUT2D eigenvalue weighted by Crippen LogP contribution is -2.30. The molecular weight excluding hydrogens is 392 g/mol. The van der Waals surface area contributed by atoms with Crippen LogP contribution in [-0.2, 0) is 22.7 Å². The Morgan fingerprint density at radius 3 is 2.00 bits per heavy atom. The van der Waals surface area contributed by atoms with E-state index in [0.29, 0.717) is 23.5 Å². The number of hydrogen-bond donors (Lipinski definition) is 3. The summed E-state index contributed by atoms with van der Waals surface area (Å²) in [7, 11) is 0. The summed E-state index contributed by atoms with van der Waals surface area (Å²) < 4.78 is 0. The Labute approximate surface area is 183 Å². The van der Waals surface area contributed by atoms with Crippen molar-refractivity contribution in [1.82, 2.24) is 10.2 Å². The minimum absolute atomic E-state index is 0.252. The van der Waals surface area contributed by atoms with Gasteiger partial charge in [-0.3, -0.25) is 19.3 Å². The molecule has 0 aliphatic carbocycles. The van der Waals surface area contributed by atoms with Gasteiger partial charge in [0.25, 0.3) is 5.91 Å². The van der Waals surface area contributed by atoms with Crippen LogP contribution in [0, 0.1) is 0 Å². The number of anilines is 2. The highest BCUT2D eigenvalue weighted by atomic mass is 16.2. The van der Waals surface area contributed by atoms with Crippen LogP contribution in [0.25, 0.3) is 0 Å². The monoisotopic (exact) mass is 422 g/mol. The van der Waals surface area contributed by atoms with Gasteiger partial charge >= 0.3 is 0 Å². The fourth-order valence-electron chi connectivity index (χ4n) is 3.83. The highest BCUT2D eigenvalue weighted by molar-refractivity contribution is 5.99. The van der Waals surface area contributed by atoms with Gasteiger partial charge in [0, 0.05) is 43.9 Å². The first-order valence-corrected chi connectivity index (χ1v) is 10.7. The summed E-state index contributed by atoms with van der Waals surface area (Å²) >= 11 is 0. The summed E-state index contributed by atoms with van der Waals surface area (Å²) in [4.78, 5) is 38.2. The molecule has 0 unspecified atom stereocenters. The number of likely N-dealkylation sites (tertiary alicyclic amines) is 1. The van der Waals surface area contributed by atoms with E-state index in [1.165, 1.54) is 38.7 Å². The first-order valence-electron chi connectivity index (χ1n) is 10.7. The molecular formula is C24H30N4O3. The standard InChI is InChI=1S/C24H30N4O3/c1-17(29)26-22-12-21(13-23(14-22)27-18(2)30)24(31)25-15-19-8-4-5-9-20(19)16-28-10-6-3-7-11-28/h4-5,8-9,12-14H,3,6-7,10-11,15-16H2,1-2H3,(H,25,31)(H,26,29)(H,27,30). The molecule has 31 heavy (non-hydrogen) atoms. The Morgan fingerprint density at radius 2 is 1.42 bits per heavy atom. The van der Waals surface area contributed by atoms with Gasteiger partial charge in [0.15, 0.2) is 0 Å². The Balaban J connectivity index is 1.71. The van der Waals surface area contributed by atoms with E-state index in [0.717, 1.165) is 25.2 Å². The molecule has 1 heterocycles. The molecule has 0 saturated carbocycles. The molecule has 164 valence electrons. The molecule has 0 bridgehead atoms. The molecule has 0 aromatic heterocycles. The topological polar surface area (TPSA) is 90.5 Å². The maximum atomic E-state index is 12.8. The number of nitrogens with one attached hydrogen (secondary N) is 3. The SMILES string of the molecule is CC(=O)Nc1cc(NC(C)=O)cc(C(=O)NCc2ccccc2CN2CCCCC2)c1. The van der Waals surface area contributed by atoms with Gasteiger partial charge in [-0.1, -0.05) is 30.7 Å². The third-order valence-electron chi connectivity index (χ3n) is 5.24. The molecule has 1 fully saturated rings. The zero-order valence-electron chi connectivity index (χ0n) is 18.2. The van der Waals surface area contributed by atoms with Gasteiger partial charge in [-0.2, -0.15) is 0 Å². The zero-order chi connectivity index (χ0) is 22.2. The molecule has 2 aromatic carbocycles. The van der Waals surface area contributed by atoms with Crippen molar-refractivity contribution in [2.45, 2.75) is 46.2 Å². The Hall–Kier alpha value is -3.19. The fourth-order valence-corrected chi connectivity index (χ4v) is 3.83. The first kappa shape index (κ1) is 22.5. The van der Waals surface area contributed by atoms with Gasteiger partial charge in [-0.05, 0) is 55.3 Å². The maximum Gasteiger partial charge on any atom is 0.251 e. The number of rotatable bonds is 7. The minimum atomic E-state index is -0.272. The predicted octanol–water partition coefficient (Wildman–Crippen LogP) is 3.52. The highest BCUT2D eigenvalue weighted by Crippen LogP contribution is 2.20. The number of nitrogens with zero attached hydrogens (tertiary/aromatic N) is 1. The number of carbonyl (C=O) groups is 3. The van der Waals surface area contributed by atoms with Crippen LogP contribution in [-0.4, -0.2) is 35.7 Å². The maximum absolute atomic E-state index is 12.8. The summed E-state index contributed by atoms with van der Waals surface area (Å²) in [5, 5.41) is 8.30. The van der Waals surface area contributed by atoms with Gasteiger partial charge in [-0.25, -0.2) is 0 Å².